The maximum absolute atomic E-state index is 12.7. The van der Waals surface area contributed by atoms with Gasteiger partial charge >= 0.3 is 0 Å². The highest BCUT2D eigenvalue weighted by molar-refractivity contribution is 6.43. The number of hydrogen-bond donors (Lipinski definition) is 1. The molecule has 0 saturated carbocycles. The molecule has 0 radical (unpaired) electrons. The fourth-order valence-corrected chi connectivity index (χ4v) is 4.00. The number of hydrogen-bond acceptors (Lipinski definition) is 4. The molecule has 4 rings (SSSR count). The van der Waals surface area contributed by atoms with Gasteiger partial charge in [-0.1, -0.05) is 17.3 Å². The number of anilines is 1. The molecule has 0 spiro atoms. The van der Waals surface area contributed by atoms with Crippen molar-refractivity contribution in [3.63, 3.8) is 0 Å². The maximum atomic E-state index is 12.7. The summed E-state index contributed by atoms with van der Waals surface area (Å²) in [6.45, 7) is 5.63. The first-order valence-electron chi connectivity index (χ1n) is 9.09. The number of fused-ring (bicyclic) bond motifs is 4. The van der Waals surface area contributed by atoms with Gasteiger partial charge in [0.05, 0.1) is 11.1 Å². The van der Waals surface area contributed by atoms with Crippen LogP contribution in [0.25, 0.3) is 5.57 Å². The number of carbonyl (C=O) groups excluding carboxylic acids is 1. The summed E-state index contributed by atoms with van der Waals surface area (Å²) in [4.78, 5) is 21.0. The zero-order valence-electron chi connectivity index (χ0n) is 15.1. The smallest absolute Gasteiger partial charge is 0.293 e. The van der Waals surface area contributed by atoms with Crippen LogP contribution in [0, 0.1) is 0 Å². The zero-order chi connectivity index (χ0) is 18.3. The van der Waals surface area contributed by atoms with Crippen molar-refractivity contribution >= 4 is 23.0 Å². The first kappa shape index (κ1) is 16.6. The highest BCUT2D eigenvalue weighted by Crippen LogP contribution is 2.29. The summed E-state index contributed by atoms with van der Waals surface area (Å²) in [7, 11) is 0. The topological polar surface area (TPSA) is 68.5 Å². The molecule has 2 aliphatic heterocycles. The van der Waals surface area contributed by atoms with Gasteiger partial charge in [0, 0.05) is 30.5 Å². The number of likely N-dealkylation sites (N-methyl/N-ethyl adjacent to an activating group) is 1. The summed E-state index contributed by atoms with van der Waals surface area (Å²) in [6.07, 6.45) is 7.90. The fourth-order valence-electron chi connectivity index (χ4n) is 4.00. The summed E-state index contributed by atoms with van der Waals surface area (Å²) < 4.78 is 0. The third kappa shape index (κ3) is 2.36. The normalized spacial score (nSPS) is 17.5. The lowest BCUT2D eigenvalue weighted by Crippen LogP contribution is -2.45. The zero-order valence-corrected chi connectivity index (χ0v) is 15.1. The van der Waals surface area contributed by atoms with E-state index < -0.39 is 0 Å². The second-order valence-corrected chi connectivity index (χ2v) is 6.53. The van der Waals surface area contributed by atoms with Gasteiger partial charge in [-0.05, 0) is 56.0 Å². The minimum atomic E-state index is -0.246. The largest absolute Gasteiger partial charge is 0.409 e. The van der Waals surface area contributed by atoms with E-state index in [4.69, 9.17) is 4.99 Å². The Hall–Kier alpha value is -2.89. The second-order valence-electron chi connectivity index (χ2n) is 6.53. The molecule has 3 aliphatic rings. The minimum absolute atomic E-state index is 0.0895. The van der Waals surface area contributed by atoms with Crippen molar-refractivity contribution in [2.45, 2.75) is 26.7 Å². The van der Waals surface area contributed by atoms with Gasteiger partial charge < -0.3 is 15.0 Å². The molecule has 1 amide bonds. The molecule has 0 fully saturated rings. The molecule has 0 aromatic heterocycles. The first-order valence-corrected chi connectivity index (χ1v) is 9.09. The number of allylic oxidation sites excluding steroid dienone is 4. The van der Waals surface area contributed by atoms with Gasteiger partial charge in [0.1, 0.15) is 0 Å². The average Bonchev–Trinajstić information content (AvgIpc) is 3.24. The van der Waals surface area contributed by atoms with E-state index >= 15 is 0 Å². The van der Waals surface area contributed by atoms with Crippen molar-refractivity contribution in [1.82, 2.24) is 4.90 Å². The van der Waals surface area contributed by atoms with Crippen molar-refractivity contribution in [2.75, 3.05) is 24.5 Å². The number of nitrogens with zero attached hydrogens (tertiary/aromatic N) is 4. The van der Waals surface area contributed by atoms with Gasteiger partial charge in [-0.2, -0.15) is 0 Å². The Morgan fingerprint density at radius 1 is 1.35 bits per heavy atom. The van der Waals surface area contributed by atoms with E-state index in [0.717, 1.165) is 29.6 Å². The highest BCUT2D eigenvalue weighted by atomic mass is 16.4. The van der Waals surface area contributed by atoms with Gasteiger partial charge in [0.15, 0.2) is 0 Å². The SMILES string of the molecule is CCN(CC)C(=O)C(=NO)N1CCc2c1ccc1c2=C2CC=CC=C2N=1. The third-order valence-electron chi connectivity index (χ3n) is 5.30. The summed E-state index contributed by atoms with van der Waals surface area (Å²) in [5.74, 6) is -0.156. The van der Waals surface area contributed by atoms with Crippen LogP contribution in [0.3, 0.4) is 0 Å². The Morgan fingerprint density at radius 3 is 2.88 bits per heavy atom. The van der Waals surface area contributed by atoms with Crippen LogP contribution in [-0.2, 0) is 11.2 Å². The Kier molecular flexibility index (Phi) is 4.11. The lowest BCUT2D eigenvalue weighted by molar-refractivity contribution is -0.124. The van der Waals surface area contributed by atoms with Crippen molar-refractivity contribution in [1.29, 1.82) is 0 Å². The lowest BCUT2D eigenvalue weighted by atomic mass is 9.99. The van der Waals surface area contributed by atoms with Crippen molar-refractivity contribution in [2.24, 2.45) is 10.1 Å². The van der Waals surface area contributed by atoms with Crippen LogP contribution in [0.5, 0.6) is 0 Å². The minimum Gasteiger partial charge on any atom is -0.409 e. The van der Waals surface area contributed by atoms with Gasteiger partial charge in [-0.25, -0.2) is 4.99 Å². The highest BCUT2D eigenvalue weighted by Gasteiger charge is 2.32. The van der Waals surface area contributed by atoms with Gasteiger partial charge in [-0.3, -0.25) is 4.79 Å². The molecule has 6 nitrogen and oxygen atoms in total. The van der Waals surface area contributed by atoms with E-state index in [2.05, 4.69) is 11.2 Å². The Balaban J connectivity index is 1.80. The van der Waals surface area contributed by atoms with Crippen molar-refractivity contribution < 1.29 is 10.0 Å². The van der Waals surface area contributed by atoms with Gasteiger partial charge in [0.25, 0.3) is 5.91 Å². The maximum Gasteiger partial charge on any atom is 0.293 e. The number of amides is 1. The van der Waals surface area contributed by atoms with E-state index in [-0.39, 0.29) is 11.7 Å². The molecule has 0 atom stereocenters. The third-order valence-corrected chi connectivity index (χ3v) is 5.30. The second kappa shape index (κ2) is 6.44. The molecule has 1 aromatic carbocycles. The van der Waals surface area contributed by atoms with Crippen LogP contribution in [0.1, 0.15) is 25.8 Å². The molecule has 1 aliphatic carbocycles. The van der Waals surface area contributed by atoms with E-state index in [0.29, 0.717) is 19.6 Å². The Bertz CT molecular complexity index is 984. The summed E-state index contributed by atoms with van der Waals surface area (Å²) >= 11 is 0. The number of rotatable bonds is 2. The summed E-state index contributed by atoms with van der Waals surface area (Å²) in [5, 5.41) is 15.1. The van der Waals surface area contributed by atoms with Crippen molar-refractivity contribution in [3.8, 4) is 0 Å². The first-order chi connectivity index (χ1) is 12.7. The van der Waals surface area contributed by atoms with E-state index in [1.807, 2.05) is 43.0 Å². The molecule has 26 heavy (non-hydrogen) atoms. The molecule has 0 unspecified atom stereocenters. The molecule has 0 bridgehead atoms. The Labute approximate surface area is 152 Å². The number of amidine groups is 1. The molecule has 1 aromatic rings. The quantitative estimate of drug-likeness (QED) is 0.379. The monoisotopic (exact) mass is 350 g/mol. The number of benzene rings is 1. The van der Waals surface area contributed by atoms with Crippen LogP contribution in [-0.4, -0.2) is 41.5 Å². The van der Waals surface area contributed by atoms with E-state index in [1.54, 1.807) is 4.90 Å². The summed E-state index contributed by atoms with van der Waals surface area (Å²) in [5.41, 5.74) is 4.41. The molecule has 0 saturated heterocycles. The molecular formula is C20H22N4O2. The van der Waals surface area contributed by atoms with Crippen LogP contribution >= 0.6 is 0 Å². The molecule has 6 heteroatoms. The summed E-state index contributed by atoms with van der Waals surface area (Å²) in [6, 6.07) is 3.98. The lowest BCUT2D eigenvalue weighted by Gasteiger charge is -2.24. The average molecular weight is 350 g/mol. The predicted octanol–water partition coefficient (Wildman–Crippen LogP) is 1.33. The predicted molar refractivity (Wildman–Crippen MR) is 101 cm³/mol. The number of carbonyl (C=O) groups is 1. The standard InChI is InChI=1S/C20H22N4O2/c1-3-23(4-2)20(25)19(22-26)24-12-11-14-17(24)10-9-16-18(14)13-7-5-6-8-15(13)21-16/h5-6,8-10,26H,3-4,7,11-12H2,1-2H3. The van der Waals surface area contributed by atoms with E-state index in [9.17, 15) is 10.0 Å². The van der Waals surface area contributed by atoms with Crippen LogP contribution < -0.4 is 15.5 Å². The van der Waals surface area contributed by atoms with Crippen LogP contribution in [0.2, 0.25) is 0 Å². The number of oxime groups is 1. The molecule has 1 N–H and O–H groups in total. The fraction of sp³-hybridized carbons (Fsp3) is 0.350. The van der Waals surface area contributed by atoms with Crippen LogP contribution in [0.15, 0.2) is 46.2 Å². The van der Waals surface area contributed by atoms with Gasteiger partial charge in [0.2, 0.25) is 5.84 Å². The molecular weight excluding hydrogens is 328 g/mol. The Morgan fingerprint density at radius 2 is 2.15 bits per heavy atom. The van der Waals surface area contributed by atoms with Crippen molar-refractivity contribution in [3.05, 3.63) is 52.2 Å². The molecule has 2 heterocycles. The van der Waals surface area contributed by atoms with Gasteiger partial charge in [-0.15, -0.1) is 0 Å². The van der Waals surface area contributed by atoms with Crippen LogP contribution in [0.4, 0.5) is 5.69 Å². The molecule has 134 valence electrons. The van der Waals surface area contributed by atoms with E-state index in [1.165, 1.54) is 16.4 Å².